The first kappa shape index (κ1) is 25.7. The number of halogens is 2. The van der Waals surface area contributed by atoms with E-state index in [1.807, 2.05) is 42.5 Å². The third-order valence-electron chi connectivity index (χ3n) is 6.22. The van der Waals surface area contributed by atoms with Crippen LogP contribution in [-0.2, 0) is 15.1 Å². The van der Waals surface area contributed by atoms with E-state index in [2.05, 4.69) is 47.1 Å². The van der Waals surface area contributed by atoms with Gasteiger partial charge in [-0.2, -0.15) is 5.26 Å². The number of benzene rings is 1. The van der Waals surface area contributed by atoms with Crippen LogP contribution in [0.25, 0.3) is 17.2 Å². The highest BCUT2D eigenvalue weighted by atomic mass is 79.9. The van der Waals surface area contributed by atoms with Gasteiger partial charge in [0.2, 0.25) is 0 Å². The summed E-state index contributed by atoms with van der Waals surface area (Å²) in [5.41, 5.74) is 2.97. The molecule has 1 fully saturated rings. The van der Waals surface area contributed by atoms with Crippen LogP contribution in [0.3, 0.4) is 0 Å². The first-order chi connectivity index (χ1) is 17.3. The Balaban J connectivity index is 1.57. The molecule has 1 aliphatic carbocycles. The zero-order valence-corrected chi connectivity index (χ0v) is 22.6. The summed E-state index contributed by atoms with van der Waals surface area (Å²) in [6.07, 6.45) is 8.26. The quantitative estimate of drug-likeness (QED) is 0.210. The molecular formula is C27H22Br2N4O3. The number of nitrogens with zero attached hydrogens (tertiary/aromatic N) is 3. The number of aromatic nitrogens is 2. The molecule has 0 bridgehead atoms. The van der Waals surface area contributed by atoms with Crippen LogP contribution in [0.1, 0.15) is 47.4 Å². The highest BCUT2D eigenvalue weighted by Crippen LogP contribution is 2.39. The van der Waals surface area contributed by atoms with E-state index in [9.17, 15) is 14.9 Å². The highest BCUT2D eigenvalue weighted by molar-refractivity contribution is 9.11. The standard InChI is InChI=1S/C27H22Br2N4O3/c1-36-26(35)23-9-6-18(15-31-23)17-4-7-20(8-5-17)27(10-2-3-11-27)33-25(34)19(14-30)12-24-22(29)13-21(28)16-32-24/h4-9,12-13,15-16H,2-3,10-11H2,1H3,(H,33,34). The summed E-state index contributed by atoms with van der Waals surface area (Å²) in [7, 11) is 1.32. The van der Waals surface area contributed by atoms with Gasteiger partial charge in [-0.15, -0.1) is 0 Å². The van der Waals surface area contributed by atoms with Crippen LogP contribution >= 0.6 is 31.9 Å². The van der Waals surface area contributed by atoms with E-state index in [4.69, 9.17) is 4.74 Å². The van der Waals surface area contributed by atoms with Gasteiger partial charge in [0, 0.05) is 26.9 Å². The number of esters is 1. The number of carbonyl (C=O) groups excluding carboxylic acids is 2. The molecule has 2 heterocycles. The van der Waals surface area contributed by atoms with Gasteiger partial charge in [-0.1, -0.05) is 43.2 Å². The summed E-state index contributed by atoms with van der Waals surface area (Å²) in [6.45, 7) is 0. The fourth-order valence-corrected chi connectivity index (χ4v) is 5.44. The molecule has 1 amide bonds. The molecule has 7 nitrogen and oxygen atoms in total. The number of pyridine rings is 2. The van der Waals surface area contributed by atoms with Crippen LogP contribution in [0.2, 0.25) is 0 Å². The van der Waals surface area contributed by atoms with Gasteiger partial charge < -0.3 is 10.1 Å². The monoisotopic (exact) mass is 608 g/mol. The maximum absolute atomic E-state index is 13.2. The zero-order valence-electron chi connectivity index (χ0n) is 19.4. The Morgan fingerprint density at radius 3 is 2.33 bits per heavy atom. The Morgan fingerprint density at radius 2 is 1.75 bits per heavy atom. The molecule has 2 aromatic heterocycles. The van der Waals surface area contributed by atoms with Crippen molar-refractivity contribution in [1.29, 1.82) is 5.26 Å². The normalized spacial score (nSPS) is 14.7. The van der Waals surface area contributed by atoms with Gasteiger partial charge in [-0.25, -0.2) is 9.78 Å². The first-order valence-corrected chi connectivity index (χ1v) is 12.8. The molecule has 9 heteroatoms. The van der Waals surface area contributed by atoms with Crippen molar-refractivity contribution >= 4 is 49.8 Å². The molecule has 0 spiro atoms. The fourth-order valence-electron chi connectivity index (χ4n) is 4.34. The Labute approximate surface area is 225 Å². The Kier molecular flexibility index (Phi) is 7.97. The largest absolute Gasteiger partial charge is 0.464 e. The number of rotatable bonds is 6. The number of nitrogens with one attached hydrogen (secondary N) is 1. The maximum Gasteiger partial charge on any atom is 0.356 e. The van der Waals surface area contributed by atoms with Crippen LogP contribution < -0.4 is 5.32 Å². The van der Waals surface area contributed by atoms with Crippen LogP contribution in [0.5, 0.6) is 0 Å². The van der Waals surface area contributed by atoms with E-state index in [0.29, 0.717) is 10.2 Å². The van der Waals surface area contributed by atoms with E-state index < -0.39 is 17.4 Å². The number of hydrogen-bond acceptors (Lipinski definition) is 6. The van der Waals surface area contributed by atoms with E-state index in [1.165, 1.54) is 13.2 Å². The number of carbonyl (C=O) groups is 2. The third kappa shape index (κ3) is 5.55. The highest BCUT2D eigenvalue weighted by Gasteiger charge is 2.37. The first-order valence-electron chi connectivity index (χ1n) is 11.3. The molecule has 0 radical (unpaired) electrons. The van der Waals surface area contributed by atoms with E-state index in [1.54, 1.807) is 18.5 Å². The minimum atomic E-state index is -0.553. The lowest BCUT2D eigenvalue weighted by atomic mass is 9.86. The molecular weight excluding hydrogens is 588 g/mol. The van der Waals surface area contributed by atoms with Crippen LogP contribution in [0, 0.1) is 11.3 Å². The number of hydrogen-bond donors (Lipinski definition) is 1. The van der Waals surface area contributed by atoms with E-state index in [-0.39, 0.29) is 11.3 Å². The number of nitriles is 1. The van der Waals surface area contributed by atoms with Gasteiger partial charge in [0.25, 0.3) is 5.91 Å². The van der Waals surface area contributed by atoms with Crippen molar-refractivity contribution in [3.8, 4) is 17.2 Å². The minimum absolute atomic E-state index is 0.00909. The smallest absolute Gasteiger partial charge is 0.356 e. The lowest BCUT2D eigenvalue weighted by Gasteiger charge is -2.31. The number of methoxy groups -OCH3 is 1. The third-order valence-corrected chi connectivity index (χ3v) is 7.29. The molecule has 1 saturated carbocycles. The lowest BCUT2D eigenvalue weighted by Crippen LogP contribution is -2.44. The van der Waals surface area contributed by atoms with Crippen molar-refractivity contribution in [1.82, 2.24) is 15.3 Å². The Morgan fingerprint density at radius 1 is 1.06 bits per heavy atom. The van der Waals surface area contributed by atoms with Crippen LogP contribution in [0.15, 0.2) is 69.4 Å². The molecule has 0 atom stereocenters. The van der Waals surface area contributed by atoms with Crippen molar-refractivity contribution in [2.75, 3.05) is 7.11 Å². The van der Waals surface area contributed by atoms with Crippen molar-refractivity contribution < 1.29 is 14.3 Å². The van der Waals surface area contributed by atoms with Crippen LogP contribution in [-0.4, -0.2) is 29.0 Å². The summed E-state index contributed by atoms with van der Waals surface area (Å²) in [5.74, 6) is -0.910. The lowest BCUT2D eigenvalue weighted by molar-refractivity contribution is -0.119. The van der Waals surface area contributed by atoms with Gasteiger partial charge in [-0.3, -0.25) is 9.78 Å². The molecule has 0 aliphatic heterocycles. The predicted molar refractivity (Wildman–Crippen MR) is 143 cm³/mol. The SMILES string of the molecule is COC(=O)c1ccc(-c2ccc(C3(NC(=O)C(C#N)=Cc4ncc(Br)cc4Br)CCCC3)cc2)cn1. The molecule has 0 saturated heterocycles. The molecule has 0 unspecified atom stereocenters. The number of ether oxygens (including phenoxy) is 1. The molecule has 1 aromatic carbocycles. The van der Waals surface area contributed by atoms with E-state index >= 15 is 0 Å². The molecule has 1 aliphatic rings. The van der Waals surface area contributed by atoms with Crippen molar-refractivity contribution in [3.63, 3.8) is 0 Å². The molecule has 3 aromatic rings. The second-order valence-corrected chi connectivity index (χ2v) is 10.2. The maximum atomic E-state index is 13.2. The molecule has 1 N–H and O–H groups in total. The van der Waals surface area contributed by atoms with E-state index in [0.717, 1.165) is 46.8 Å². The topological polar surface area (TPSA) is 105 Å². The number of amides is 1. The predicted octanol–water partition coefficient (Wildman–Crippen LogP) is 5.95. The van der Waals surface area contributed by atoms with Crippen molar-refractivity contribution in [2.24, 2.45) is 0 Å². The van der Waals surface area contributed by atoms with Gasteiger partial charge in [0.15, 0.2) is 0 Å². The van der Waals surface area contributed by atoms with Gasteiger partial charge in [-0.05, 0) is 74.0 Å². The second-order valence-electron chi connectivity index (χ2n) is 8.43. The minimum Gasteiger partial charge on any atom is -0.464 e. The second kappa shape index (κ2) is 11.1. The molecule has 36 heavy (non-hydrogen) atoms. The Bertz CT molecular complexity index is 1360. The van der Waals surface area contributed by atoms with Crippen LogP contribution in [0.4, 0.5) is 0 Å². The summed E-state index contributed by atoms with van der Waals surface area (Å²) in [5, 5.41) is 12.8. The zero-order chi connectivity index (χ0) is 25.7. The summed E-state index contributed by atoms with van der Waals surface area (Å²) >= 11 is 6.78. The average Bonchev–Trinajstić information content (AvgIpc) is 3.37. The molecule has 182 valence electrons. The summed E-state index contributed by atoms with van der Waals surface area (Å²) in [6, 6.07) is 15.2. The molecule has 4 rings (SSSR count). The summed E-state index contributed by atoms with van der Waals surface area (Å²) < 4.78 is 6.17. The Hall–Kier alpha value is -3.35. The van der Waals surface area contributed by atoms with Crippen molar-refractivity contribution in [2.45, 2.75) is 31.2 Å². The van der Waals surface area contributed by atoms with Crippen molar-refractivity contribution in [3.05, 3.63) is 86.3 Å². The van der Waals surface area contributed by atoms with Gasteiger partial charge in [0.1, 0.15) is 17.3 Å². The van der Waals surface area contributed by atoms with Gasteiger partial charge in [0.05, 0.1) is 18.3 Å². The van der Waals surface area contributed by atoms with Gasteiger partial charge >= 0.3 is 5.97 Å². The average molecular weight is 610 g/mol. The summed E-state index contributed by atoms with van der Waals surface area (Å²) in [4.78, 5) is 33.3. The fraction of sp³-hybridized carbons (Fsp3) is 0.222.